The van der Waals surface area contributed by atoms with Gasteiger partial charge in [0, 0.05) is 29.2 Å². The number of hydrogen-bond donors (Lipinski definition) is 0. The Kier molecular flexibility index (Phi) is 4.36. The summed E-state index contributed by atoms with van der Waals surface area (Å²) in [7, 11) is 0. The van der Waals surface area contributed by atoms with Crippen LogP contribution in [0.4, 0.5) is 0 Å². The molecule has 4 bridgehead atoms. The fraction of sp³-hybridized carbons (Fsp3) is 0.692. The molecular weight excluding hydrogens is 392 g/mol. The second kappa shape index (κ2) is 6.49. The Morgan fingerprint density at radius 2 is 2.03 bits per heavy atom. The molecule has 5 heteroatoms. The Bertz CT molecular complexity index is 913. The van der Waals surface area contributed by atoms with Gasteiger partial charge in [0.15, 0.2) is 0 Å². The number of esters is 2. The molecule has 0 aromatic heterocycles. The molecule has 0 unspecified atom stereocenters. The summed E-state index contributed by atoms with van der Waals surface area (Å²) in [5, 5.41) is 0. The maximum Gasteiger partial charge on any atom is 0.331 e. The van der Waals surface area contributed by atoms with Crippen LogP contribution in [0.15, 0.2) is 36.1 Å². The molecule has 5 aliphatic rings. The summed E-state index contributed by atoms with van der Waals surface area (Å²) < 4.78 is 18.1. The van der Waals surface area contributed by atoms with Gasteiger partial charge in [-0.15, -0.1) is 0 Å². The summed E-state index contributed by atoms with van der Waals surface area (Å²) in [6.45, 7) is 8.88. The van der Waals surface area contributed by atoms with Gasteiger partial charge in [0.25, 0.3) is 0 Å². The smallest absolute Gasteiger partial charge is 0.331 e. The summed E-state index contributed by atoms with van der Waals surface area (Å²) in [4.78, 5) is 23.9. The molecule has 31 heavy (non-hydrogen) atoms. The minimum absolute atomic E-state index is 0.0326. The molecule has 168 valence electrons. The van der Waals surface area contributed by atoms with Crippen molar-refractivity contribution in [3.05, 3.63) is 36.1 Å². The number of hydrogen-bond acceptors (Lipinski definition) is 5. The Balaban J connectivity index is 1.68. The zero-order chi connectivity index (χ0) is 22.1. The number of ether oxygens (including phenoxy) is 3. The molecule has 2 heterocycles. The highest BCUT2D eigenvalue weighted by molar-refractivity contribution is 5.85. The van der Waals surface area contributed by atoms with Gasteiger partial charge in [0.2, 0.25) is 0 Å². The lowest BCUT2D eigenvalue weighted by Crippen LogP contribution is -2.78. The number of rotatable bonds is 4. The van der Waals surface area contributed by atoms with E-state index in [1.165, 1.54) is 6.92 Å². The number of allylic oxidation sites excluding steroid dienone is 1. The second-order valence-corrected chi connectivity index (χ2v) is 11.2. The van der Waals surface area contributed by atoms with Crippen LogP contribution in [0.3, 0.4) is 0 Å². The van der Waals surface area contributed by atoms with Crippen molar-refractivity contribution in [3.8, 4) is 0 Å². The van der Waals surface area contributed by atoms with Crippen LogP contribution < -0.4 is 0 Å². The van der Waals surface area contributed by atoms with Gasteiger partial charge < -0.3 is 14.2 Å². The Labute approximate surface area is 184 Å². The first kappa shape index (κ1) is 20.8. The normalized spacial score (nSPS) is 44.1. The van der Waals surface area contributed by atoms with E-state index in [9.17, 15) is 9.59 Å². The van der Waals surface area contributed by atoms with Crippen molar-refractivity contribution in [2.75, 3.05) is 6.61 Å². The molecule has 2 saturated carbocycles. The van der Waals surface area contributed by atoms with Gasteiger partial charge in [-0.05, 0) is 55.6 Å². The van der Waals surface area contributed by atoms with Gasteiger partial charge in [0.05, 0.1) is 6.26 Å². The van der Waals surface area contributed by atoms with Gasteiger partial charge in [-0.1, -0.05) is 39.3 Å². The highest BCUT2D eigenvalue weighted by Gasteiger charge is 2.80. The monoisotopic (exact) mass is 426 g/mol. The van der Waals surface area contributed by atoms with Crippen molar-refractivity contribution >= 4 is 11.9 Å². The summed E-state index contributed by atoms with van der Waals surface area (Å²) in [6, 6.07) is 0. The zero-order valence-electron chi connectivity index (χ0n) is 19.2. The molecule has 0 aromatic carbocycles. The minimum Gasteiger partial charge on any atom is -0.494 e. The Hall–Kier alpha value is -2.04. The molecule has 0 N–H and O–H groups in total. The standard InChI is InChI=1S/C26H34O5/c1-18(27)31-20-16-23(4)9-6-11-24-10-5-8-22(2,3)25(20,24)13-14-30-26(23,24)12-7-19-15-21(28)29-17-19/h6,9,13-15,20H,5,7-8,10-12,16-17H2,1-4H3/t20-,23+,24+,25+,26-/m1/s1. The van der Waals surface area contributed by atoms with E-state index >= 15 is 0 Å². The van der Waals surface area contributed by atoms with E-state index in [1.54, 1.807) is 6.08 Å². The highest BCUT2D eigenvalue weighted by atomic mass is 16.5. The van der Waals surface area contributed by atoms with Crippen molar-refractivity contribution in [3.63, 3.8) is 0 Å². The van der Waals surface area contributed by atoms with Gasteiger partial charge in [-0.25, -0.2) is 4.79 Å². The van der Waals surface area contributed by atoms with Crippen LogP contribution >= 0.6 is 0 Å². The number of cyclic esters (lactones) is 1. The van der Waals surface area contributed by atoms with E-state index in [-0.39, 0.29) is 39.7 Å². The molecule has 5 nitrogen and oxygen atoms in total. The lowest BCUT2D eigenvalue weighted by molar-refractivity contribution is -0.321. The first-order valence-corrected chi connectivity index (χ1v) is 11.7. The summed E-state index contributed by atoms with van der Waals surface area (Å²) in [5.74, 6) is -0.450. The first-order chi connectivity index (χ1) is 14.6. The van der Waals surface area contributed by atoms with Crippen LogP contribution in [0.5, 0.6) is 0 Å². The first-order valence-electron chi connectivity index (χ1n) is 11.7. The SMILES string of the molecule is CC(=O)O[C@@H]1C[C@]2(C)C=CC[C@@]34CCCC(C)(C)[C@]13C=CO[C@@]42CCC1=CC(=O)OC1. The summed E-state index contributed by atoms with van der Waals surface area (Å²) >= 11 is 0. The van der Waals surface area contributed by atoms with Crippen molar-refractivity contribution in [2.24, 2.45) is 21.7 Å². The van der Waals surface area contributed by atoms with E-state index in [0.29, 0.717) is 6.61 Å². The fourth-order valence-corrected chi connectivity index (χ4v) is 8.40. The molecule has 3 aliphatic carbocycles. The largest absolute Gasteiger partial charge is 0.494 e. The molecule has 0 saturated heterocycles. The second-order valence-electron chi connectivity index (χ2n) is 11.2. The van der Waals surface area contributed by atoms with Crippen molar-refractivity contribution in [1.82, 2.24) is 0 Å². The van der Waals surface area contributed by atoms with E-state index in [1.807, 2.05) is 6.26 Å². The lowest BCUT2D eigenvalue weighted by atomic mass is 9.30. The molecule has 0 aromatic rings. The van der Waals surface area contributed by atoms with Crippen LogP contribution in [-0.2, 0) is 23.8 Å². The van der Waals surface area contributed by atoms with Gasteiger partial charge >= 0.3 is 11.9 Å². The summed E-state index contributed by atoms with van der Waals surface area (Å²) in [5.41, 5.74) is -0.121. The topological polar surface area (TPSA) is 61.8 Å². The van der Waals surface area contributed by atoms with E-state index in [4.69, 9.17) is 14.2 Å². The maximum absolute atomic E-state index is 12.2. The van der Waals surface area contributed by atoms with Crippen LogP contribution in [0.25, 0.3) is 0 Å². The molecule has 0 amide bonds. The van der Waals surface area contributed by atoms with Crippen LogP contribution in [0.2, 0.25) is 0 Å². The number of carbonyl (C=O) groups excluding carboxylic acids is 2. The van der Waals surface area contributed by atoms with E-state index < -0.39 is 5.60 Å². The molecule has 2 fully saturated rings. The molecule has 5 rings (SSSR count). The highest BCUT2D eigenvalue weighted by Crippen LogP contribution is 2.79. The molecule has 5 atom stereocenters. The third kappa shape index (κ3) is 2.44. The third-order valence-corrected chi connectivity index (χ3v) is 9.51. The molecule has 0 radical (unpaired) electrons. The number of carbonyl (C=O) groups is 2. The molecule has 1 spiro atoms. The van der Waals surface area contributed by atoms with Gasteiger partial charge in [0.1, 0.15) is 18.3 Å². The Morgan fingerprint density at radius 1 is 1.23 bits per heavy atom. The zero-order valence-corrected chi connectivity index (χ0v) is 19.2. The van der Waals surface area contributed by atoms with Crippen molar-refractivity contribution < 1.29 is 23.8 Å². The van der Waals surface area contributed by atoms with Gasteiger partial charge in [-0.2, -0.15) is 0 Å². The van der Waals surface area contributed by atoms with Crippen LogP contribution in [0, 0.1) is 21.7 Å². The lowest BCUT2D eigenvalue weighted by Gasteiger charge is -2.77. The Morgan fingerprint density at radius 3 is 2.74 bits per heavy atom. The van der Waals surface area contributed by atoms with Gasteiger partial charge in [-0.3, -0.25) is 4.79 Å². The van der Waals surface area contributed by atoms with Crippen molar-refractivity contribution in [2.45, 2.75) is 84.3 Å². The van der Waals surface area contributed by atoms with E-state index in [0.717, 1.165) is 50.5 Å². The fourth-order valence-electron chi connectivity index (χ4n) is 8.40. The quantitative estimate of drug-likeness (QED) is 0.467. The van der Waals surface area contributed by atoms with Crippen molar-refractivity contribution in [1.29, 1.82) is 0 Å². The van der Waals surface area contributed by atoms with Crippen LogP contribution in [0.1, 0.15) is 72.6 Å². The minimum atomic E-state index is -0.412. The molecule has 2 aliphatic heterocycles. The summed E-state index contributed by atoms with van der Waals surface area (Å²) in [6.07, 6.45) is 16.8. The predicted molar refractivity (Wildman–Crippen MR) is 116 cm³/mol. The predicted octanol–water partition coefficient (Wildman–Crippen LogP) is 5.02. The maximum atomic E-state index is 12.2. The van der Waals surface area contributed by atoms with Crippen LogP contribution in [-0.4, -0.2) is 30.3 Å². The average molecular weight is 427 g/mol. The molecular formula is C26H34O5. The third-order valence-electron chi connectivity index (χ3n) is 9.51. The van der Waals surface area contributed by atoms with E-state index in [2.05, 4.69) is 39.0 Å². The average Bonchev–Trinajstić information content (AvgIpc) is 3.09.